The molecule has 118 valence electrons. The molecule has 4 nitrogen and oxygen atoms in total. The van der Waals surface area contributed by atoms with Crippen LogP contribution in [0, 0.1) is 5.41 Å². The first-order chi connectivity index (χ1) is 10.4. The fraction of sp³-hybridized carbons (Fsp3) is 0.444. The molecule has 0 spiro atoms. The van der Waals surface area contributed by atoms with Gasteiger partial charge in [-0.25, -0.2) is 4.79 Å². The summed E-state index contributed by atoms with van der Waals surface area (Å²) in [6.45, 7) is 4.12. The number of methoxy groups -OCH3 is 1. The minimum Gasteiger partial charge on any atom is -0.467 e. The number of esters is 1. The van der Waals surface area contributed by atoms with Crippen LogP contribution in [0.1, 0.15) is 32.3 Å². The molecule has 0 saturated carbocycles. The summed E-state index contributed by atoms with van der Waals surface area (Å²) in [6, 6.07) is 9.28. The number of carbonyl (C=O) groups excluding carboxylic acids is 2. The van der Waals surface area contributed by atoms with Gasteiger partial charge in [-0.2, -0.15) is 0 Å². The molecule has 1 aromatic rings. The third-order valence-corrected chi connectivity index (χ3v) is 3.78. The second-order valence-electron chi connectivity index (χ2n) is 6.56. The number of ether oxygens (including phenoxy) is 1. The van der Waals surface area contributed by atoms with Crippen LogP contribution in [0.5, 0.6) is 0 Å². The summed E-state index contributed by atoms with van der Waals surface area (Å²) in [5.41, 5.74) is 1.78. The zero-order valence-electron chi connectivity index (χ0n) is 13.4. The first kappa shape index (κ1) is 16.3. The Hall–Kier alpha value is -2.10. The summed E-state index contributed by atoms with van der Waals surface area (Å²) in [5.74, 6) is -0.220. The molecule has 0 saturated heterocycles. The smallest absolute Gasteiger partial charge is 0.328 e. The number of nitrogens with one attached hydrogen (secondary N) is 1. The molecule has 4 heteroatoms. The Balaban J connectivity index is 2.13. The van der Waals surface area contributed by atoms with Crippen molar-refractivity contribution in [3.8, 4) is 0 Å². The zero-order valence-corrected chi connectivity index (χ0v) is 13.4. The van der Waals surface area contributed by atoms with E-state index < -0.39 is 6.04 Å². The van der Waals surface area contributed by atoms with E-state index in [0.717, 1.165) is 17.7 Å². The maximum atomic E-state index is 12.0. The Morgan fingerprint density at radius 1 is 1.27 bits per heavy atom. The number of allylic oxidation sites excluding steroid dienone is 2. The summed E-state index contributed by atoms with van der Waals surface area (Å²) < 4.78 is 4.89. The fourth-order valence-electron chi connectivity index (χ4n) is 2.85. The van der Waals surface area contributed by atoms with Crippen molar-refractivity contribution < 1.29 is 14.3 Å². The van der Waals surface area contributed by atoms with Crippen molar-refractivity contribution in [2.24, 2.45) is 5.41 Å². The van der Waals surface area contributed by atoms with Crippen LogP contribution in [0.4, 0.5) is 0 Å². The van der Waals surface area contributed by atoms with Gasteiger partial charge in [-0.05, 0) is 17.4 Å². The van der Waals surface area contributed by atoms with Crippen LogP contribution in [-0.2, 0) is 20.7 Å². The molecule has 1 atom stereocenters. The maximum absolute atomic E-state index is 12.0. The van der Waals surface area contributed by atoms with Crippen LogP contribution in [0.2, 0.25) is 0 Å². The molecule has 22 heavy (non-hydrogen) atoms. The third kappa shape index (κ3) is 4.45. The van der Waals surface area contributed by atoms with E-state index in [9.17, 15) is 9.59 Å². The van der Waals surface area contributed by atoms with Crippen molar-refractivity contribution >= 4 is 11.8 Å². The lowest BCUT2D eigenvalue weighted by molar-refractivity contribution is -0.143. The predicted octanol–water partition coefficient (Wildman–Crippen LogP) is 2.63. The number of rotatable bonds is 5. The van der Waals surface area contributed by atoms with Gasteiger partial charge in [0.05, 0.1) is 7.11 Å². The molecule has 0 bridgehead atoms. The van der Waals surface area contributed by atoms with Gasteiger partial charge in [0.2, 0.25) is 0 Å². The van der Waals surface area contributed by atoms with Gasteiger partial charge in [-0.3, -0.25) is 4.79 Å². The highest BCUT2D eigenvalue weighted by molar-refractivity contribution is 5.92. The van der Waals surface area contributed by atoms with Crippen LogP contribution < -0.4 is 5.32 Å². The first-order valence-electron chi connectivity index (χ1n) is 7.51. The van der Waals surface area contributed by atoms with Crippen LogP contribution >= 0.6 is 0 Å². The average Bonchev–Trinajstić information content (AvgIpc) is 2.44. The highest BCUT2D eigenvalue weighted by atomic mass is 16.5. The van der Waals surface area contributed by atoms with Gasteiger partial charge in [-0.1, -0.05) is 44.2 Å². The lowest BCUT2D eigenvalue weighted by atomic mass is 9.78. The minimum atomic E-state index is -0.486. The Labute approximate surface area is 131 Å². The lowest BCUT2D eigenvalue weighted by Crippen LogP contribution is -2.41. The Bertz CT molecular complexity index is 575. The van der Waals surface area contributed by atoms with Crippen molar-refractivity contribution in [2.45, 2.75) is 39.2 Å². The van der Waals surface area contributed by atoms with Gasteiger partial charge in [0, 0.05) is 24.6 Å². The zero-order chi connectivity index (χ0) is 16.2. The van der Waals surface area contributed by atoms with Crippen LogP contribution in [-0.4, -0.2) is 24.9 Å². The van der Waals surface area contributed by atoms with Gasteiger partial charge in [0.15, 0.2) is 5.78 Å². The van der Waals surface area contributed by atoms with E-state index in [0.29, 0.717) is 12.8 Å². The Morgan fingerprint density at radius 3 is 2.55 bits per heavy atom. The minimum absolute atomic E-state index is 0.0818. The number of hydrogen-bond donors (Lipinski definition) is 1. The molecule has 1 aromatic carbocycles. The molecule has 1 aliphatic rings. The Kier molecular flexibility index (Phi) is 5.01. The topological polar surface area (TPSA) is 55.4 Å². The van der Waals surface area contributed by atoms with Crippen molar-refractivity contribution in [3.63, 3.8) is 0 Å². The quantitative estimate of drug-likeness (QED) is 0.850. The molecule has 0 aliphatic heterocycles. The molecule has 0 heterocycles. The molecule has 0 fully saturated rings. The molecule has 1 aliphatic carbocycles. The second-order valence-corrected chi connectivity index (χ2v) is 6.56. The van der Waals surface area contributed by atoms with Gasteiger partial charge >= 0.3 is 5.97 Å². The number of carbonyl (C=O) groups is 2. The number of hydrogen-bond acceptors (Lipinski definition) is 4. The van der Waals surface area contributed by atoms with Crippen LogP contribution in [0.3, 0.4) is 0 Å². The molecule has 0 amide bonds. The highest BCUT2D eigenvalue weighted by Crippen LogP contribution is 2.32. The molecule has 0 radical (unpaired) electrons. The summed E-state index contributed by atoms with van der Waals surface area (Å²) in [7, 11) is 1.38. The van der Waals surface area contributed by atoms with E-state index in [2.05, 4.69) is 19.2 Å². The lowest BCUT2D eigenvalue weighted by Gasteiger charge is -2.31. The van der Waals surface area contributed by atoms with Crippen molar-refractivity contribution in [3.05, 3.63) is 47.7 Å². The summed E-state index contributed by atoms with van der Waals surface area (Å²) in [6.07, 6.45) is 3.44. The maximum Gasteiger partial charge on any atom is 0.328 e. The monoisotopic (exact) mass is 301 g/mol. The number of ketones is 1. The standard InChI is InChI=1S/C18H23NO3/c1-18(2)11-14(10-15(20)12-18)19-16(17(21)22-3)9-13-7-5-4-6-8-13/h4-8,10,16,19H,9,11-12H2,1-3H3/t16-/m1/s1. The second kappa shape index (κ2) is 6.77. The van der Waals surface area contributed by atoms with E-state index in [1.165, 1.54) is 7.11 Å². The average molecular weight is 301 g/mol. The normalized spacial score (nSPS) is 18.3. The SMILES string of the molecule is COC(=O)[C@@H](Cc1ccccc1)NC1=CC(=O)CC(C)(C)C1. The Morgan fingerprint density at radius 2 is 1.95 bits per heavy atom. The van der Waals surface area contributed by atoms with Crippen molar-refractivity contribution in [1.29, 1.82) is 0 Å². The van der Waals surface area contributed by atoms with E-state index in [-0.39, 0.29) is 17.2 Å². The molecule has 0 unspecified atom stereocenters. The van der Waals surface area contributed by atoms with E-state index in [1.807, 2.05) is 30.3 Å². The molecular formula is C18H23NO3. The van der Waals surface area contributed by atoms with Crippen LogP contribution in [0.15, 0.2) is 42.1 Å². The summed E-state index contributed by atoms with van der Waals surface area (Å²) in [4.78, 5) is 23.9. The van der Waals surface area contributed by atoms with Crippen LogP contribution in [0.25, 0.3) is 0 Å². The van der Waals surface area contributed by atoms with E-state index in [4.69, 9.17) is 4.74 Å². The van der Waals surface area contributed by atoms with Gasteiger partial charge in [0.1, 0.15) is 6.04 Å². The highest BCUT2D eigenvalue weighted by Gasteiger charge is 2.30. The molecule has 1 N–H and O–H groups in total. The fourth-order valence-corrected chi connectivity index (χ4v) is 2.85. The summed E-state index contributed by atoms with van der Waals surface area (Å²) >= 11 is 0. The van der Waals surface area contributed by atoms with Gasteiger partial charge < -0.3 is 10.1 Å². The molecule has 2 rings (SSSR count). The predicted molar refractivity (Wildman–Crippen MR) is 85.2 cm³/mol. The van der Waals surface area contributed by atoms with E-state index >= 15 is 0 Å². The number of benzene rings is 1. The van der Waals surface area contributed by atoms with E-state index in [1.54, 1.807) is 6.08 Å². The van der Waals surface area contributed by atoms with Crippen molar-refractivity contribution in [2.75, 3.05) is 7.11 Å². The summed E-state index contributed by atoms with van der Waals surface area (Å²) in [5, 5.41) is 3.21. The van der Waals surface area contributed by atoms with Crippen molar-refractivity contribution in [1.82, 2.24) is 5.32 Å². The largest absolute Gasteiger partial charge is 0.467 e. The van der Waals surface area contributed by atoms with Gasteiger partial charge in [-0.15, -0.1) is 0 Å². The molecular weight excluding hydrogens is 278 g/mol. The van der Waals surface area contributed by atoms with Gasteiger partial charge in [0.25, 0.3) is 0 Å². The molecule has 0 aromatic heterocycles. The third-order valence-electron chi connectivity index (χ3n) is 3.78. The first-order valence-corrected chi connectivity index (χ1v) is 7.51.